The Hall–Kier alpha value is -1.31. The number of unbranched alkanes of at least 4 members (excludes halogenated alkanes) is 10. The molecule has 134 valence electrons. The van der Waals surface area contributed by atoms with Crippen LogP contribution in [0.5, 0.6) is 0 Å². The van der Waals surface area contributed by atoms with Crippen molar-refractivity contribution in [2.75, 3.05) is 0 Å². The molecule has 0 aliphatic rings. The van der Waals surface area contributed by atoms with Gasteiger partial charge in [-0.05, 0) is 43.9 Å². The first-order valence-electron chi connectivity index (χ1n) is 10.2. The van der Waals surface area contributed by atoms with Crippen LogP contribution in [0.3, 0.4) is 0 Å². The molecule has 0 amide bonds. The number of aromatic nitrogens is 2. The first-order chi connectivity index (χ1) is 11.7. The monoisotopic (exact) mass is 328 g/mol. The fraction of sp³-hybridized carbons (Fsp3) is 0.682. The summed E-state index contributed by atoms with van der Waals surface area (Å²) in [7, 11) is 0. The molecule has 2 nitrogen and oxygen atoms in total. The number of hydrogen-bond acceptors (Lipinski definition) is 1. The smallest absolute Gasteiger partial charge is 0.104 e. The number of nitrogens with zero attached hydrogens (tertiary/aromatic N) is 1. The van der Waals surface area contributed by atoms with Crippen molar-refractivity contribution >= 4 is 11.0 Å². The molecule has 0 aliphatic heterocycles. The van der Waals surface area contributed by atoms with E-state index in [1.54, 1.807) is 0 Å². The molecule has 0 fully saturated rings. The molecule has 1 aromatic heterocycles. The van der Waals surface area contributed by atoms with E-state index in [0.717, 1.165) is 11.3 Å². The van der Waals surface area contributed by atoms with E-state index in [2.05, 4.69) is 35.9 Å². The number of aromatic amines is 1. The second-order valence-corrected chi connectivity index (χ2v) is 7.35. The van der Waals surface area contributed by atoms with Gasteiger partial charge in [0.15, 0.2) is 0 Å². The predicted molar refractivity (Wildman–Crippen MR) is 106 cm³/mol. The molecular weight excluding hydrogens is 292 g/mol. The highest BCUT2D eigenvalue weighted by Gasteiger charge is 2.07. The van der Waals surface area contributed by atoms with Gasteiger partial charge in [-0.1, -0.05) is 77.2 Å². The minimum Gasteiger partial charge on any atom is -0.342 e. The van der Waals surface area contributed by atoms with Crippen LogP contribution in [-0.4, -0.2) is 9.97 Å². The SMILES string of the molecule is CCCCCCCCCCCCCc1ccc2[nH]c(C)nc2c1C. The maximum Gasteiger partial charge on any atom is 0.104 e. The van der Waals surface area contributed by atoms with Crippen molar-refractivity contribution in [3.05, 3.63) is 29.1 Å². The largest absolute Gasteiger partial charge is 0.342 e. The third-order valence-corrected chi connectivity index (χ3v) is 5.19. The maximum absolute atomic E-state index is 4.62. The zero-order chi connectivity index (χ0) is 17.2. The molecule has 2 aromatic rings. The van der Waals surface area contributed by atoms with Crippen LogP contribution >= 0.6 is 0 Å². The molecule has 0 saturated heterocycles. The predicted octanol–water partition coefficient (Wildman–Crippen LogP) is 7.03. The summed E-state index contributed by atoms with van der Waals surface area (Å²) in [5, 5.41) is 0. The lowest BCUT2D eigenvalue weighted by atomic mass is 10.00. The number of rotatable bonds is 12. The first-order valence-corrected chi connectivity index (χ1v) is 10.2. The van der Waals surface area contributed by atoms with Gasteiger partial charge >= 0.3 is 0 Å². The standard InChI is InChI=1S/C22H36N2/c1-4-5-6-7-8-9-10-11-12-13-14-15-20-16-17-21-22(18(20)2)24-19(3)23-21/h16-17H,4-15H2,1-3H3,(H,23,24). The van der Waals surface area contributed by atoms with E-state index in [1.165, 1.54) is 93.7 Å². The molecule has 2 heteroatoms. The third kappa shape index (κ3) is 5.96. The summed E-state index contributed by atoms with van der Waals surface area (Å²) in [6.07, 6.45) is 16.7. The van der Waals surface area contributed by atoms with E-state index in [0.29, 0.717) is 0 Å². The molecule has 0 spiro atoms. The summed E-state index contributed by atoms with van der Waals surface area (Å²) in [5.41, 5.74) is 5.18. The average Bonchev–Trinajstić information content (AvgIpc) is 2.96. The van der Waals surface area contributed by atoms with Crippen molar-refractivity contribution in [3.63, 3.8) is 0 Å². The molecule has 1 aromatic carbocycles. The Labute approximate surface area is 148 Å². The minimum atomic E-state index is 1.01. The highest BCUT2D eigenvalue weighted by molar-refractivity contribution is 5.79. The molecule has 2 rings (SSSR count). The molecule has 1 heterocycles. The van der Waals surface area contributed by atoms with Gasteiger partial charge in [-0.3, -0.25) is 0 Å². The lowest BCUT2D eigenvalue weighted by molar-refractivity contribution is 0.549. The Kier molecular flexibility index (Phi) is 8.35. The molecule has 0 unspecified atom stereocenters. The minimum absolute atomic E-state index is 1.01. The van der Waals surface area contributed by atoms with Crippen molar-refractivity contribution in [2.24, 2.45) is 0 Å². The Bertz CT molecular complexity index is 597. The van der Waals surface area contributed by atoms with Crippen LogP contribution in [-0.2, 0) is 6.42 Å². The van der Waals surface area contributed by atoms with Crippen molar-refractivity contribution < 1.29 is 0 Å². The number of imidazole rings is 1. The van der Waals surface area contributed by atoms with E-state index < -0.39 is 0 Å². The molecule has 0 atom stereocenters. The van der Waals surface area contributed by atoms with Gasteiger partial charge < -0.3 is 4.98 Å². The number of hydrogen-bond donors (Lipinski definition) is 1. The molecular formula is C22H36N2. The van der Waals surface area contributed by atoms with E-state index >= 15 is 0 Å². The van der Waals surface area contributed by atoms with Crippen LogP contribution in [0.1, 0.15) is 94.5 Å². The normalized spacial score (nSPS) is 11.5. The van der Waals surface area contributed by atoms with E-state index in [1.807, 2.05) is 6.92 Å². The fourth-order valence-corrected chi connectivity index (χ4v) is 3.63. The van der Waals surface area contributed by atoms with Gasteiger partial charge in [0, 0.05) is 0 Å². The quantitative estimate of drug-likeness (QED) is 0.416. The number of fused-ring (bicyclic) bond motifs is 1. The topological polar surface area (TPSA) is 28.7 Å². The van der Waals surface area contributed by atoms with Crippen molar-refractivity contribution in [2.45, 2.75) is 97.8 Å². The van der Waals surface area contributed by atoms with Crippen molar-refractivity contribution in [1.29, 1.82) is 0 Å². The highest BCUT2D eigenvalue weighted by atomic mass is 14.9. The molecule has 0 saturated carbocycles. The number of nitrogens with one attached hydrogen (secondary N) is 1. The van der Waals surface area contributed by atoms with E-state index in [9.17, 15) is 0 Å². The Morgan fingerprint density at radius 1 is 0.792 bits per heavy atom. The zero-order valence-electron chi connectivity index (χ0n) is 16.1. The fourth-order valence-electron chi connectivity index (χ4n) is 3.63. The Morgan fingerprint density at radius 2 is 1.38 bits per heavy atom. The summed E-state index contributed by atoms with van der Waals surface area (Å²) in [4.78, 5) is 7.95. The number of aryl methyl sites for hydroxylation is 3. The maximum atomic E-state index is 4.62. The van der Waals surface area contributed by atoms with Gasteiger partial charge in [0.25, 0.3) is 0 Å². The third-order valence-electron chi connectivity index (χ3n) is 5.19. The summed E-state index contributed by atoms with van der Waals surface area (Å²) in [6, 6.07) is 4.47. The van der Waals surface area contributed by atoms with Crippen LogP contribution < -0.4 is 0 Å². The average molecular weight is 329 g/mol. The molecule has 0 radical (unpaired) electrons. The summed E-state index contributed by atoms with van der Waals surface area (Å²) >= 11 is 0. The second-order valence-electron chi connectivity index (χ2n) is 7.35. The number of benzene rings is 1. The molecule has 1 N–H and O–H groups in total. The molecule has 24 heavy (non-hydrogen) atoms. The number of H-pyrrole nitrogens is 1. The van der Waals surface area contributed by atoms with Crippen LogP contribution in [0, 0.1) is 13.8 Å². The van der Waals surface area contributed by atoms with E-state index in [4.69, 9.17) is 0 Å². The van der Waals surface area contributed by atoms with Crippen LogP contribution in [0.25, 0.3) is 11.0 Å². The molecule has 0 aliphatic carbocycles. The van der Waals surface area contributed by atoms with Crippen LogP contribution in [0.4, 0.5) is 0 Å². The van der Waals surface area contributed by atoms with Gasteiger partial charge in [-0.2, -0.15) is 0 Å². The van der Waals surface area contributed by atoms with Crippen LogP contribution in [0.2, 0.25) is 0 Å². The first kappa shape index (κ1) is 19.0. The molecule has 0 bridgehead atoms. The summed E-state index contributed by atoms with van der Waals surface area (Å²) < 4.78 is 0. The Morgan fingerprint density at radius 3 is 2.00 bits per heavy atom. The van der Waals surface area contributed by atoms with Gasteiger partial charge in [0.1, 0.15) is 5.82 Å². The lowest BCUT2D eigenvalue weighted by Crippen LogP contribution is -1.92. The highest BCUT2D eigenvalue weighted by Crippen LogP contribution is 2.22. The van der Waals surface area contributed by atoms with Gasteiger partial charge in [0.2, 0.25) is 0 Å². The van der Waals surface area contributed by atoms with Gasteiger partial charge in [0.05, 0.1) is 11.0 Å². The van der Waals surface area contributed by atoms with Gasteiger partial charge in [-0.15, -0.1) is 0 Å². The van der Waals surface area contributed by atoms with Gasteiger partial charge in [-0.25, -0.2) is 4.98 Å². The van der Waals surface area contributed by atoms with Crippen molar-refractivity contribution in [1.82, 2.24) is 9.97 Å². The van der Waals surface area contributed by atoms with Crippen molar-refractivity contribution in [3.8, 4) is 0 Å². The zero-order valence-corrected chi connectivity index (χ0v) is 16.1. The van der Waals surface area contributed by atoms with E-state index in [-0.39, 0.29) is 0 Å². The summed E-state index contributed by atoms with van der Waals surface area (Å²) in [6.45, 7) is 6.54. The second kappa shape index (κ2) is 10.5. The Balaban J connectivity index is 1.57. The van der Waals surface area contributed by atoms with Crippen LogP contribution in [0.15, 0.2) is 12.1 Å². The lowest BCUT2D eigenvalue weighted by Gasteiger charge is -2.06. The summed E-state index contributed by atoms with van der Waals surface area (Å²) in [5.74, 6) is 1.01.